The van der Waals surface area contributed by atoms with E-state index in [1.165, 1.54) is 23.1 Å². The number of methoxy groups -OCH3 is 1. The second-order valence-electron chi connectivity index (χ2n) is 6.57. The molecule has 136 valence electrons. The fraction of sp³-hybridized carbons (Fsp3) is 0.471. The number of aromatic nitrogens is 2. The third-order valence-electron chi connectivity index (χ3n) is 3.16. The average Bonchev–Trinajstić information content (AvgIpc) is 2.97. The summed E-state index contributed by atoms with van der Waals surface area (Å²) in [4.78, 5) is 12.3. The SMILES string of the molecule is COc1ccc(CNC(=O)C(C)Sc2nnc(NC(C)(C)C)s2)cc1. The molecule has 0 radical (unpaired) electrons. The van der Waals surface area contributed by atoms with E-state index in [9.17, 15) is 4.79 Å². The number of ether oxygens (including phenoxy) is 1. The molecule has 1 unspecified atom stereocenters. The Morgan fingerprint density at radius 3 is 2.56 bits per heavy atom. The molecule has 1 aromatic carbocycles. The maximum absolute atomic E-state index is 12.3. The Morgan fingerprint density at radius 1 is 1.28 bits per heavy atom. The molecule has 0 saturated carbocycles. The van der Waals surface area contributed by atoms with Crippen LogP contribution in [0.3, 0.4) is 0 Å². The lowest BCUT2D eigenvalue weighted by molar-refractivity contribution is -0.120. The largest absolute Gasteiger partial charge is 0.497 e. The minimum absolute atomic E-state index is 0.0265. The number of amides is 1. The van der Waals surface area contributed by atoms with Gasteiger partial charge in [-0.05, 0) is 45.4 Å². The second-order valence-corrected chi connectivity index (χ2v) is 9.14. The Morgan fingerprint density at radius 2 is 1.96 bits per heavy atom. The zero-order chi connectivity index (χ0) is 18.4. The minimum Gasteiger partial charge on any atom is -0.497 e. The number of nitrogens with one attached hydrogen (secondary N) is 2. The van der Waals surface area contributed by atoms with E-state index >= 15 is 0 Å². The lowest BCUT2D eigenvalue weighted by Crippen LogP contribution is -2.30. The first-order valence-corrected chi connectivity index (χ1v) is 9.65. The molecule has 0 bridgehead atoms. The summed E-state index contributed by atoms with van der Waals surface area (Å²) in [5, 5.41) is 15.0. The van der Waals surface area contributed by atoms with Gasteiger partial charge in [0.25, 0.3) is 0 Å². The highest BCUT2D eigenvalue weighted by molar-refractivity contribution is 8.02. The van der Waals surface area contributed by atoms with Crippen molar-refractivity contribution >= 4 is 34.1 Å². The van der Waals surface area contributed by atoms with Crippen molar-refractivity contribution in [3.05, 3.63) is 29.8 Å². The second kappa shape index (κ2) is 8.53. The van der Waals surface area contributed by atoms with Crippen LogP contribution in [-0.2, 0) is 11.3 Å². The first-order chi connectivity index (χ1) is 11.8. The first-order valence-electron chi connectivity index (χ1n) is 7.96. The number of carbonyl (C=O) groups excluding carboxylic acids is 1. The van der Waals surface area contributed by atoms with Gasteiger partial charge in [0.1, 0.15) is 5.75 Å². The Labute approximate surface area is 156 Å². The predicted molar refractivity (Wildman–Crippen MR) is 103 cm³/mol. The Balaban J connectivity index is 1.83. The number of rotatable bonds is 7. The van der Waals surface area contributed by atoms with Crippen LogP contribution >= 0.6 is 23.1 Å². The van der Waals surface area contributed by atoms with Gasteiger partial charge < -0.3 is 15.4 Å². The van der Waals surface area contributed by atoms with E-state index in [1.807, 2.05) is 31.2 Å². The van der Waals surface area contributed by atoms with Gasteiger partial charge in [-0.3, -0.25) is 4.79 Å². The van der Waals surface area contributed by atoms with Crippen LogP contribution in [0, 0.1) is 0 Å². The number of hydrogen-bond acceptors (Lipinski definition) is 7. The summed E-state index contributed by atoms with van der Waals surface area (Å²) in [6.45, 7) is 8.55. The van der Waals surface area contributed by atoms with Gasteiger partial charge in [-0.1, -0.05) is 35.2 Å². The van der Waals surface area contributed by atoms with Gasteiger partial charge in [-0.25, -0.2) is 0 Å². The van der Waals surface area contributed by atoms with E-state index in [4.69, 9.17) is 4.74 Å². The smallest absolute Gasteiger partial charge is 0.233 e. The van der Waals surface area contributed by atoms with Crippen molar-refractivity contribution in [1.82, 2.24) is 15.5 Å². The third kappa shape index (κ3) is 6.55. The highest BCUT2D eigenvalue weighted by Gasteiger charge is 2.18. The molecular weight excluding hydrogens is 356 g/mol. The molecule has 1 atom stereocenters. The maximum atomic E-state index is 12.3. The summed E-state index contributed by atoms with van der Waals surface area (Å²) >= 11 is 2.87. The highest BCUT2D eigenvalue weighted by atomic mass is 32.2. The summed E-state index contributed by atoms with van der Waals surface area (Å²) in [5.41, 5.74) is 0.960. The Bertz CT molecular complexity index is 695. The van der Waals surface area contributed by atoms with Gasteiger partial charge in [0.2, 0.25) is 11.0 Å². The van der Waals surface area contributed by atoms with Gasteiger partial charge in [0.15, 0.2) is 4.34 Å². The summed E-state index contributed by atoms with van der Waals surface area (Å²) in [5.74, 6) is 0.774. The lowest BCUT2D eigenvalue weighted by Gasteiger charge is -2.18. The number of carbonyl (C=O) groups is 1. The van der Waals surface area contributed by atoms with Gasteiger partial charge in [-0.2, -0.15) is 0 Å². The highest BCUT2D eigenvalue weighted by Crippen LogP contribution is 2.30. The molecule has 1 aromatic heterocycles. The van der Waals surface area contributed by atoms with Crippen molar-refractivity contribution in [3.63, 3.8) is 0 Å². The molecule has 0 fully saturated rings. The summed E-state index contributed by atoms with van der Waals surface area (Å²) in [6, 6.07) is 7.63. The van der Waals surface area contributed by atoms with Crippen LogP contribution in [0.2, 0.25) is 0 Å². The Kier molecular flexibility index (Phi) is 6.66. The molecule has 0 saturated heterocycles. The quantitative estimate of drug-likeness (QED) is 0.716. The fourth-order valence-corrected chi connectivity index (χ4v) is 4.04. The van der Waals surface area contributed by atoms with Crippen molar-refractivity contribution in [2.75, 3.05) is 12.4 Å². The predicted octanol–water partition coefficient (Wildman–Crippen LogP) is 3.55. The van der Waals surface area contributed by atoms with E-state index in [2.05, 4.69) is 41.6 Å². The minimum atomic E-state index is -0.242. The van der Waals surface area contributed by atoms with Gasteiger partial charge in [0.05, 0.1) is 12.4 Å². The summed E-state index contributed by atoms with van der Waals surface area (Å²) in [6.07, 6.45) is 0. The maximum Gasteiger partial charge on any atom is 0.233 e. The van der Waals surface area contributed by atoms with Crippen LogP contribution in [0.15, 0.2) is 28.6 Å². The molecule has 2 N–H and O–H groups in total. The molecule has 1 amide bonds. The molecule has 25 heavy (non-hydrogen) atoms. The molecule has 0 aliphatic heterocycles. The number of nitrogens with zero attached hydrogens (tertiary/aromatic N) is 2. The first kappa shape index (κ1) is 19.5. The van der Waals surface area contributed by atoms with Crippen molar-refractivity contribution in [3.8, 4) is 5.75 Å². The zero-order valence-electron chi connectivity index (χ0n) is 15.1. The van der Waals surface area contributed by atoms with E-state index < -0.39 is 0 Å². The molecule has 0 aliphatic carbocycles. The fourth-order valence-electron chi connectivity index (χ4n) is 1.91. The normalized spacial score (nSPS) is 12.5. The summed E-state index contributed by atoms with van der Waals surface area (Å²) < 4.78 is 5.90. The molecule has 6 nitrogen and oxygen atoms in total. The average molecular weight is 381 g/mol. The van der Waals surface area contributed by atoms with Crippen LogP contribution in [-0.4, -0.2) is 34.0 Å². The van der Waals surface area contributed by atoms with E-state index in [0.717, 1.165) is 20.8 Å². The van der Waals surface area contributed by atoms with Crippen LogP contribution in [0.4, 0.5) is 5.13 Å². The third-order valence-corrected chi connectivity index (χ3v) is 5.18. The number of hydrogen-bond donors (Lipinski definition) is 2. The molecule has 2 aromatic rings. The van der Waals surface area contributed by atoms with Crippen molar-refractivity contribution in [1.29, 1.82) is 0 Å². The molecule has 1 heterocycles. The van der Waals surface area contributed by atoms with Gasteiger partial charge in [-0.15, -0.1) is 10.2 Å². The van der Waals surface area contributed by atoms with E-state index in [0.29, 0.717) is 6.54 Å². The zero-order valence-corrected chi connectivity index (χ0v) is 16.8. The standard InChI is InChI=1S/C17H24N4O2S2/c1-11(24-16-21-20-15(25-16)19-17(2,3)4)14(22)18-10-12-6-8-13(23-5)9-7-12/h6-9,11H,10H2,1-5H3,(H,18,22)(H,19,20). The number of anilines is 1. The van der Waals surface area contributed by atoms with Crippen LogP contribution < -0.4 is 15.4 Å². The topological polar surface area (TPSA) is 76.1 Å². The van der Waals surface area contributed by atoms with Crippen LogP contribution in [0.1, 0.15) is 33.3 Å². The van der Waals surface area contributed by atoms with E-state index in [1.54, 1.807) is 7.11 Å². The van der Waals surface area contributed by atoms with Crippen LogP contribution in [0.5, 0.6) is 5.75 Å². The number of thioether (sulfide) groups is 1. The van der Waals surface area contributed by atoms with Gasteiger partial charge in [0, 0.05) is 12.1 Å². The van der Waals surface area contributed by atoms with Crippen molar-refractivity contribution in [2.24, 2.45) is 0 Å². The van der Waals surface area contributed by atoms with Gasteiger partial charge >= 0.3 is 0 Å². The Hall–Kier alpha value is -1.80. The van der Waals surface area contributed by atoms with Crippen LogP contribution in [0.25, 0.3) is 0 Å². The molecule has 0 aliphatic rings. The van der Waals surface area contributed by atoms with Crippen molar-refractivity contribution in [2.45, 2.75) is 49.4 Å². The van der Waals surface area contributed by atoms with Crippen molar-refractivity contribution < 1.29 is 9.53 Å². The molecule has 8 heteroatoms. The number of benzene rings is 1. The summed E-state index contributed by atoms with van der Waals surface area (Å²) in [7, 11) is 1.63. The molecular formula is C17H24N4O2S2. The molecule has 0 spiro atoms. The monoisotopic (exact) mass is 380 g/mol. The van der Waals surface area contributed by atoms with E-state index in [-0.39, 0.29) is 16.7 Å². The lowest BCUT2D eigenvalue weighted by atomic mass is 10.1. The molecule has 2 rings (SSSR count).